The molecule has 0 spiro atoms. The van der Waals surface area contributed by atoms with Crippen molar-refractivity contribution in [2.24, 2.45) is 5.92 Å². The van der Waals surface area contributed by atoms with E-state index in [-0.39, 0.29) is 11.9 Å². The van der Waals surface area contributed by atoms with Crippen LogP contribution in [0, 0.1) is 5.92 Å². The topological polar surface area (TPSA) is 74.4 Å². The number of ether oxygens (including phenoxy) is 2. The van der Waals surface area contributed by atoms with Gasteiger partial charge >= 0.3 is 6.03 Å². The van der Waals surface area contributed by atoms with Gasteiger partial charge in [-0.1, -0.05) is 0 Å². The molecule has 1 N–H and O–H groups in total. The molecule has 3 amide bonds. The van der Waals surface area contributed by atoms with E-state index in [2.05, 4.69) is 15.1 Å². The average molecular weight is 397 g/mol. The van der Waals surface area contributed by atoms with Gasteiger partial charge in [-0.3, -0.25) is 9.69 Å². The fourth-order valence-corrected chi connectivity index (χ4v) is 4.24. The van der Waals surface area contributed by atoms with Crippen molar-refractivity contribution >= 4 is 11.9 Å². The molecule has 0 bridgehead atoms. The van der Waals surface area contributed by atoms with E-state index in [0.29, 0.717) is 37.7 Å². The van der Waals surface area contributed by atoms with Gasteiger partial charge in [0.25, 0.3) is 0 Å². The Labute approximate surface area is 168 Å². The standard InChI is InChI=1S/C20H36N4O4/c1-22(20(26)21-8-14-27-2)10-11-24(17-6-12-28-13-7-17)18-5-9-23(15-18)19(25)16-3-4-16/h16-18H,3-15H2,1-2H3,(H,21,26). The van der Waals surface area contributed by atoms with Gasteiger partial charge in [0.1, 0.15) is 0 Å². The molecule has 3 fully saturated rings. The summed E-state index contributed by atoms with van der Waals surface area (Å²) in [5.74, 6) is 0.640. The maximum Gasteiger partial charge on any atom is 0.317 e. The maximum absolute atomic E-state index is 12.4. The minimum Gasteiger partial charge on any atom is -0.383 e. The van der Waals surface area contributed by atoms with Crippen LogP contribution in [0.2, 0.25) is 0 Å². The van der Waals surface area contributed by atoms with Crippen LogP contribution < -0.4 is 5.32 Å². The van der Waals surface area contributed by atoms with Crippen molar-refractivity contribution in [3.8, 4) is 0 Å². The zero-order chi connectivity index (χ0) is 19.9. The van der Waals surface area contributed by atoms with Crippen LogP contribution in [0.5, 0.6) is 0 Å². The van der Waals surface area contributed by atoms with Gasteiger partial charge in [-0.15, -0.1) is 0 Å². The summed E-state index contributed by atoms with van der Waals surface area (Å²) in [7, 11) is 3.46. The molecule has 2 saturated heterocycles. The summed E-state index contributed by atoms with van der Waals surface area (Å²) in [4.78, 5) is 31.0. The number of methoxy groups -OCH3 is 1. The van der Waals surface area contributed by atoms with E-state index in [1.807, 2.05) is 7.05 Å². The van der Waals surface area contributed by atoms with Gasteiger partial charge in [-0.2, -0.15) is 0 Å². The second-order valence-corrected chi connectivity index (χ2v) is 8.23. The minimum absolute atomic E-state index is 0.0686. The summed E-state index contributed by atoms with van der Waals surface area (Å²) in [6.07, 6.45) is 5.20. The number of urea groups is 1. The van der Waals surface area contributed by atoms with Crippen LogP contribution in [0.1, 0.15) is 32.1 Å². The van der Waals surface area contributed by atoms with Crippen LogP contribution in [0.3, 0.4) is 0 Å². The number of carbonyl (C=O) groups is 2. The van der Waals surface area contributed by atoms with Crippen LogP contribution in [0.15, 0.2) is 0 Å². The molecule has 8 nitrogen and oxygen atoms in total. The number of amides is 3. The molecule has 1 unspecified atom stereocenters. The van der Waals surface area contributed by atoms with Gasteiger partial charge in [0.15, 0.2) is 0 Å². The van der Waals surface area contributed by atoms with Crippen LogP contribution in [-0.2, 0) is 14.3 Å². The van der Waals surface area contributed by atoms with Gasteiger partial charge < -0.3 is 24.6 Å². The van der Waals surface area contributed by atoms with Gasteiger partial charge in [0.2, 0.25) is 5.91 Å². The van der Waals surface area contributed by atoms with Crippen LogP contribution >= 0.6 is 0 Å². The van der Waals surface area contributed by atoms with Crippen molar-refractivity contribution in [1.29, 1.82) is 0 Å². The van der Waals surface area contributed by atoms with E-state index >= 15 is 0 Å². The molecular weight excluding hydrogens is 360 g/mol. The zero-order valence-corrected chi connectivity index (χ0v) is 17.4. The molecule has 8 heteroatoms. The Morgan fingerprint density at radius 2 is 1.86 bits per heavy atom. The first kappa shape index (κ1) is 21.3. The van der Waals surface area contributed by atoms with Gasteiger partial charge in [0.05, 0.1) is 6.61 Å². The van der Waals surface area contributed by atoms with Crippen molar-refractivity contribution in [2.45, 2.75) is 44.2 Å². The smallest absolute Gasteiger partial charge is 0.317 e. The van der Waals surface area contributed by atoms with Crippen molar-refractivity contribution in [3.05, 3.63) is 0 Å². The molecule has 0 aromatic carbocycles. The first-order valence-electron chi connectivity index (χ1n) is 10.7. The summed E-state index contributed by atoms with van der Waals surface area (Å²) < 4.78 is 10.5. The highest BCUT2D eigenvalue weighted by Crippen LogP contribution is 2.33. The lowest BCUT2D eigenvalue weighted by molar-refractivity contribution is -0.131. The molecule has 1 atom stereocenters. The zero-order valence-electron chi connectivity index (χ0n) is 17.4. The number of rotatable bonds is 9. The SMILES string of the molecule is COCCNC(=O)N(C)CCN(C1CCOCC1)C1CCN(C(=O)C2CC2)C1. The number of likely N-dealkylation sites (tertiary alicyclic amines) is 1. The van der Waals surface area contributed by atoms with Crippen molar-refractivity contribution in [2.75, 3.05) is 66.7 Å². The molecule has 2 aliphatic heterocycles. The average Bonchev–Trinajstić information content (AvgIpc) is 3.46. The Bertz CT molecular complexity index is 522. The molecule has 28 heavy (non-hydrogen) atoms. The monoisotopic (exact) mass is 396 g/mol. The summed E-state index contributed by atoms with van der Waals surface area (Å²) in [5, 5.41) is 2.87. The lowest BCUT2D eigenvalue weighted by atomic mass is 10.0. The fourth-order valence-electron chi connectivity index (χ4n) is 4.24. The van der Waals surface area contributed by atoms with Gasteiger partial charge in [-0.05, 0) is 32.1 Å². The highest BCUT2D eigenvalue weighted by atomic mass is 16.5. The molecule has 3 rings (SSSR count). The molecule has 0 radical (unpaired) electrons. The number of likely N-dealkylation sites (N-methyl/N-ethyl adjacent to an activating group) is 1. The Balaban J connectivity index is 1.53. The third kappa shape index (κ3) is 5.81. The fraction of sp³-hybridized carbons (Fsp3) is 0.900. The molecule has 1 saturated carbocycles. The first-order valence-corrected chi connectivity index (χ1v) is 10.7. The predicted molar refractivity (Wildman–Crippen MR) is 106 cm³/mol. The highest BCUT2D eigenvalue weighted by molar-refractivity contribution is 5.81. The highest BCUT2D eigenvalue weighted by Gasteiger charge is 2.39. The van der Waals surface area contributed by atoms with Crippen molar-refractivity contribution < 1.29 is 19.1 Å². The maximum atomic E-state index is 12.4. The van der Waals surface area contributed by atoms with Crippen LogP contribution in [0.4, 0.5) is 4.79 Å². The van der Waals surface area contributed by atoms with Crippen LogP contribution in [-0.4, -0.2) is 105 Å². The summed E-state index contributed by atoms with van der Waals surface area (Å²) in [6.45, 7) is 5.82. The van der Waals surface area contributed by atoms with E-state index in [0.717, 1.165) is 65.0 Å². The number of carbonyl (C=O) groups excluding carboxylic acids is 2. The summed E-state index contributed by atoms with van der Waals surface area (Å²) in [6, 6.07) is 0.788. The molecule has 0 aromatic heterocycles. The molecule has 2 heterocycles. The Morgan fingerprint density at radius 1 is 1.11 bits per heavy atom. The molecule has 160 valence electrons. The summed E-state index contributed by atoms with van der Waals surface area (Å²) >= 11 is 0. The first-order chi connectivity index (χ1) is 13.6. The van der Waals surface area contributed by atoms with E-state index < -0.39 is 0 Å². The third-order valence-electron chi connectivity index (χ3n) is 6.15. The lowest BCUT2D eigenvalue weighted by Gasteiger charge is -2.39. The van der Waals surface area contributed by atoms with E-state index in [9.17, 15) is 9.59 Å². The van der Waals surface area contributed by atoms with E-state index in [1.165, 1.54) is 0 Å². The number of hydrogen-bond donors (Lipinski definition) is 1. The quantitative estimate of drug-likeness (QED) is 0.583. The van der Waals surface area contributed by atoms with E-state index in [1.54, 1.807) is 12.0 Å². The number of nitrogens with zero attached hydrogens (tertiary/aromatic N) is 3. The number of nitrogens with one attached hydrogen (secondary N) is 1. The molecular formula is C20H36N4O4. The minimum atomic E-state index is -0.0686. The predicted octanol–water partition coefficient (Wildman–Crippen LogP) is 0.766. The third-order valence-corrected chi connectivity index (χ3v) is 6.15. The normalized spacial score (nSPS) is 23.2. The van der Waals surface area contributed by atoms with Crippen molar-refractivity contribution in [1.82, 2.24) is 20.0 Å². The largest absolute Gasteiger partial charge is 0.383 e. The van der Waals surface area contributed by atoms with E-state index in [4.69, 9.17) is 9.47 Å². The molecule has 0 aromatic rings. The number of hydrogen-bond acceptors (Lipinski definition) is 5. The van der Waals surface area contributed by atoms with Crippen LogP contribution in [0.25, 0.3) is 0 Å². The summed E-state index contributed by atoms with van der Waals surface area (Å²) in [5.41, 5.74) is 0. The second kappa shape index (κ2) is 10.4. The van der Waals surface area contributed by atoms with Gasteiger partial charge in [0, 0.05) is 78.1 Å². The van der Waals surface area contributed by atoms with Gasteiger partial charge in [-0.25, -0.2) is 4.79 Å². The Morgan fingerprint density at radius 3 is 2.54 bits per heavy atom. The van der Waals surface area contributed by atoms with Crippen molar-refractivity contribution in [3.63, 3.8) is 0 Å². The molecule has 3 aliphatic rings. The molecule has 1 aliphatic carbocycles. The Hall–Kier alpha value is -1.38. The second-order valence-electron chi connectivity index (χ2n) is 8.23. The Kier molecular flexibility index (Phi) is 7.93. The lowest BCUT2D eigenvalue weighted by Crippen LogP contribution is -2.51.